The number of carbonyl (C=O) groups is 1. The lowest BCUT2D eigenvalue weighted by atomic mass is 9.69. The molecule has 2 heterocycles. The van der Waals surface area contributed by atoms with Gasteiger partial charge in [-0.05, 0) is 73.2 Å². The predicted molar refractivity (Wildman–Crippen MR) is 119 cm³/mol. The number of hydrogen-bond donors (Lipinski definition) is 2. The standard InChI is InChI=1S/C25H23F3N4O/c1-13(21-7-8-29-32(21)2)30-25(33)16-9-15(10-16)22-19-11-18(27)12-20(28)24(19)31-23(22)14-3-5-17(26)6-4-14/h3-8,11-13,15-16,31H,9-10H2,1-2H3,(H,30,33)/t13?,15-,16-. The summed E-state index contributed by atoms with van der Waals surface area (Å²) in [7, 11) is 1.82. The molecule has 2 N–H and O–H groups in total. The summed E-state index contributed by atoms with van der Waals surface area (Å²) in [5.74, 6) is -2.03. The first kappa shape index (κ1) is 21.3. The molecular weight excluding hydrogens is 429 g/mol. The van der Waals surface area contributed by atoms with E-state index in [2.05, 4.69) is 15.4 Å². The van der Waals surface area contributed by atoms with Gasteiger partial charge in [0, 0.05) is 30.6 Å². The topological polar surface area (TPSA) is 62.7 Å². The molecule has 5 nitrogen and oxygen atoms in total. The molecule has 1 aliphatic carbocycles. The van der Waals surface area contributed by atoms with Gasteiger partial charge in [0.2, 0.25) is 5.91 Å². The fraction of sp³-hybridized carbons (Fsp3) is 0.280. The number of aromatic amines is 1. The van der Waals surface area contributed by atoms with E-state index in [1.165, 1.54) is 18.2 Å². The highest BCUT2D eigenvalue weighted by Crippen LogP contribution is 2.48. The molecule has 170 valence electrons. The predicted octanol–water partition coefficient (Wildman–Crippen LogP) is 5.36. The van der Waals surface area contributed by atoms with Gasteiger partial charge in [-0.25, -0.2) is 13.2 Å². The number of halogens is 3. The summed E-state index contributed by atoms with van der Waals surface area (Å²) < 4.78 is 43.8. The molecule has 1 fully saturated rings. The number of benzene rings is 2. The minimum Gasteiger partial charge on any atom is -0.352 e. The molecule has 0 bridgehead atoms. The highest BCUT2D eigenvalue weighted by molar-refractivity contribution is 5.92. The maximum atomic E-state index is 14.5. The van der Waals surface area contributed by atoms with E-state index < -0.39 is 11.6 Å². The quantitative estimate of drug-likeness (QED) is 0.428. The third-order valence-corrected chi connectivity index (χ3v) is 6.58. The molecule has 1 aliphatic rings. The van der Waals surface area contributed by atoms with E-state index in [-0.39, 0.29) is 35.1 Å². The first-order valence-corrected chi connectivity index (χ1v) is 10.9. The summed E-state index contributed by atoms with van der Waals surface area (Å²) in [4.78, 5) is 15.9. The van der Waals surface area contributed by atoms with Crippen molar-refractivity contribution in [1.29, 1.82) is 0 Å². The van der Waals surface area contributed by atoms with Crippen LogP contribution in [0.4, 0.5) is 13.2 Å². The van der Waals surface area contributed by atoms with Crippen LogP contribution in [0.1, 0.15) is 43.0 Å². The first-order valence-electron chi connectivity index (χ1n) is 10.9. The lowest BCUT2D eigenvalue weighted by Gasteiger charge is -2.35. The van der Waals surface area contributed by atoms with Gasteiger partial charge in [0.05, 0.1) is 22.9 Å². The molecule has 2 aromatic carbocycles. The van der Waals surface area contributed by atoms with Crippen LogP contribution < -0.4 is 5.32 Å². The number of aryl methyl sites for hydroxylation is 1. The minimum atomic E-state index is -0.682. The number of H-pyrrole nitrogens is 1. The Kier molecular flexibility index (Phi) is 5.23. The molecule has 0 saturated heterocycles. The Morgan fingerprint density at radius 1 is 1.12 bits per heavy atom. The summed E-state index contributed by atoms with van der Waals surface area (Å²) in [6, 6.07) is 9.71. The van der Waals surface area contributed by atoms with Crippen molar-refractivity contribution in [2.45, 2.75) is 31.7 Å². The molecular formula is C25H23F3N4O. The van der Waals surface area contributed by atoms with E-state index in [0.29, 0.717) is 29.5 Å². The van der Waals surface area contributed by atoms with E-state index in [1.807, 2.05) is 20.0 Å². The van der Waals surface area contributed by atoms with Gasteiger partial charge in [0.25, 0.3) is 0 Å². The summed E-state index contributed by atoms with van der Waals surface area (Å²) in [5.41, 5.74) is 3.18. The third-order valence-electron chi connectivity index (χ3n) is 6.58. The molecule has 8 heteroatoms. The van der Waals surface area contributed by atoms with Crippen molar-refractivity contribution in [2.24, 2.45) is 13.0 Å². The molecule has 1 unspecified atom stereocenters. The smallest absolute Gasteiger partial charge is 0.223 e. The van der Waals surface area contributed by atoms with Crippen molar-refractivity contribution in [3.05, 3.63) is 77.4 Å². The molecule has 0 spiro atoms. The van der Waals surface area contributed by atoms with Crippen LogP contribution in [0, 0.1) is 23.4 Å². The molecule has 1 atom stereocenters. The maximum Gasteiger partial charge on any atom is 0.223 e. The van der Waals surface area contributed by atoms with E-state index in [9.17, 15) is 18.0 Å². The van der Waals surface area contributed by atoms with Crippen molar-refractivity contribution < 1.29 is 18.0 Å². The van der Waals surface area contributed by atoms with Gasteiger partial charge in [-0.15, -0.1) is 0 Å². The number of nitrogens with zero attached hydrogens (tertiary/aromatic N) is 2. The second-order valence-electron chi connectivity index (χ2n) is 8.71. The van der Waals surface area contributed by atoms with Gasteiger partial charge in [-0.3, -0.25) is 9.48 Å². The van der Waals surface area contributed by atoms with E-state index in [1.54, 1.807) is 23.0 Å². The van der Waals surface area contributed by atoms with Crippen LogP contribution >= 0.6 is 0 Å². The molecule has 0 radical (unpaired) electrons. The second-order valence-corrected chi connectivity index (χ2v) is 8.71. The largest absolute Gasteiger partial charge is 0.352 e. The van der Waals surface area contributed by atoms with Gasteiger partial charge in [-0.1, -0.05) is 0 Å². The van der Waals surface area contributed by atoms with Crippen LogP contribution in [0.15, 0.2) is 48.7 Å². The summed E-state index contributed by atoms with van der Waals surface area (Å²) in [5, 5.41) is 7.62. The zero-order valence-corrected chi connectivity index (χ0v) is 18.2. The summed E-state index contributed by atoms with van der Waals surface area (Å²) in [6.07, 6.45) is 2.80. The van der Waals surface area contributed by atoms with Crippen molar-refractivity contribution in [3.8, 4) is 11.3 Å². The highest BCUT2D eigenvalue weighted by Gasteiger charge is 2.39. The molecule has 0 aliphatic heterocycles. The number of hydrogen-bond acceptors (Lipinski definition) is 2. The van der Waals surface area contributed by atoms with Crippen LogP contribution in [0.5, 0.6) is 0 Å². The van der Waals surface area contributed by atoms with Crippen molar-refractivity contribution in [3.63, 3.8) is 0 Å². The summed E-state index contributed by atoms with van der Waals surface area (Å²) >= 11 is 0. The third kappa shape index (κ3) is 3.79. The Morgan fingerprint density at radius 3 is 2.52 bits per heavy atom. The summed E-state index contributed by atoms with van der Waals surface area (Å²) in [6.45, 7) is 1.91. The fourth-order valence-corrected chi connectivity index (χ4v) is 4.79. The van der Waals surface area contributed by atoms with Gasteiger partial charge < -0.3 is 10.3 Å². The lowest BCUT2D eigenvalue weighted by molar-refractivity contribution is -0.128. The van der Waals surface area contributed by atoms with Crippen molar-refractivity contribution in [1.82, 2.24) is 20.1 Å². The van der Waals surface area contributed by atoms with Crippen LogP contribution in [-0.2, 0) is 11.8 Å². The van der Waals surface area contributed by atoms with E-state index >= 15 is 0 Å². The molecule has 33 heavy (non-hydrogen) atoms. The van der Waals surface area contributed by atoms with E-state index in [0.717, 1.165) is 17.3 Å². The van der Waals surface area contributed by atoms with Gasteiger partial charge >= 0.3 is 0 Å². The van der Waals surface area contributed by atoms with E-state index in [4.69, 9.17) is 0 Å². The SMILES string of the molecule is CC(NC(=O)[C@H]1C[C@H](c2c(-c3ccc(F)cc3)[nH]c3c(F)cc(F)cc32)C1)c1ccnn1C. The fourth-order valence-electron chi connectivity index (χ4n) is 4.79. The van der Waals surface area contributed by atoms with Crippen LogP contribution in [0.2, 0.25) is 0 Å². The van der Waals surface area contributed by atoms with Crippen LogP contribution in [0.25, 0.3) is 22.2 Å². The Hall–Kier alpha value is -3.55. The Balaban J connectivity index is 1.42. The van der Waals surface area contributed by atoms with Gasteiger partial charge in [0.1, 0.15) is 17.5 Å². The minimum absolute atomic E-state index is 0.0530. The molecule has 1 amide bonds. The monoisotopic (exact) mass is 452 g/mol. The number of aromatic nitrogens is 3. The Bertz CT molecular complexity index is 1340. The Labute approximate surface area is 188 Å². The zero-order chi connectivity index (χ0) is 23.3. The number of carbonyl (C=O) groups excluding carboxylic acids is 1. The molecule has 5 rings (SSSR count). The number of amides is 1. The zero-order valence-electron chi connectivity index (χ0n) is 18.2. The molecule has 2 aromatic heterocycles. The molecule has 1 saturated carbocycles. The van der Waals surface area contributed by atoms with Crippen molar-refractivity contribution in [2.75, 3.05) is 0 Å². The highest BCUT2D eigenvalue weighted by atomic mass is 19.1. The number of nitrogens with one attached hydrogen (secondary N) is 2. The number of fused-ring (bicyclic) bond motifs is 1. The van der Waals surface area contributed by atoms with Crippen molar-refractivity contribution >= 4 is 16.8 Å². The van der Waals surface area contributed by atoms with Crippen LogP contribution in [0.3, 0.4) is 0 Å². The average molecular weight is 452 g/mol. The first-order chi connectivity index (χ1) is 15.8. The second kappa shape index (κ2) is 8.10. The maximum absolute atomic E-state index is 14.5. The lowest BCUT2D eigenvalue weighted by Crippen LogP contribution is -2.39. The number of rotatable bonds is 5. The average Bonchev–Trinajstić information content (AvgIpc) is 3.32. The van der Waals surface area contributed by atoms with Gasteiger partial charge in [0.15, 0.2) is 0 Å². The normalized spacial score (nSPS) is 18.8. The Morgan fingerprint density at radius 2 is 1.85 bits per heavy atom. The van der Waals surface area contributed by atoms with Crippen LogP contribution in [-0.4, -0.2) is 20.7 Å². The molecule has 4 aromatic rings. The van der Waals surface area contributed by atoms with Gasteiger partial charge in [-0.2, -0.15) is 5.10 Å².